The summed E-state index contributed by atoms with van der Waals surface area (Å²) in [7, 11) is -2.16. The third-order valence-electron chi connectivity index (χ3n) is 5.85. The fourth-order valence-corrected chi connectivity index (χ4v) is 5.45. The van der Waals surface area contributed by atoms with Crippen LogP contribution in [-0.4, -0.2) is 64.8 Å². The molecule has 3 aromatic rings. The van der Waals surface area contributed by atoms with Crippen molar-refractivity contribution in [2.75, 3.05) is 20.3 Å². The predicted octanol–water partition coefficient (Wildman–Crippen LogP) is 3.09. The van der Waals surface area contributed by atoms with Gasteiger partial charge in [-0.2, -0.15) is 0 Å². The molecule has 0 spiro atoms. The Labute approximate surface area is 205 Å². The Hall–Kier alpha value is -2.89. The van der Waals surface area contributed by atoms with Gasteiger partial charge >= 0.3 is 0 Å². The van der Waals surface area contributed by atoms with Gasteiger partial charge < -0.3 is 18.8 Å². The normalized spacial score (nSPS) is 17.3. The molecule has 0 saturated carbocycles. The highest BCUT2D eigenvalue weighted by Gasteiger charge is 2.37. The molecule has 0 aliphatic carbocycles. The average molecular weight is 502 g/mol. The Morgan fingerprint density at radius 2 is 1.86 bits per heavy atom. The first-order valence-corrected chi connectivity index (χ1v) is 13.2. The second kappa shape index (κ2) is 10.4. The maximum absolute atomic E-state index is 13.7. The number of para-hydroxylation sites is 1. The molecule has 4 rings (SSSR count). The van der Waals surface area contributed by atoms with E-state index < -0.39 is 21.2 Å². The van der Waals surface area contributed by atoms with E-state index in [2.05, 4.69) is 20.2 Å². The summed E-state index contributed by atoms with van der Waals surface area (Å²) in [4.78, 5) is 8.68. The number of nitrogens with zero attached hydrogens (tertiary/aromatic N) is 5. The van der Waals surface area contributed by atoms with Gasteiger partial charge in [-0.15, -0.1) is 10.2 Å². The fourth-order valence-electron chi connectivity index (χ4n) is 4.07. The van der Waals surface area contributed by atoms with Gasteiger partial charge in [0.1, 0.15) is 30.0 Å². The Bertz CT molecular complexity index is 1260. The molecule has 0 bridgehead atoms. The van der Waals surface area contributed by atoms with Crippen LogP contribution in [0.25, 0.3) is 11.4 Å². The third kappa shape index (κ3) is 5.36. The molecule has 1 aliphatic heterocycles. The van der Waals surface area contributed by atoms with Crippen LogP contribution in [-0.2, 0) is 25.1 Å². The number of hydrogen-bond acceptors (Lipinski definition) is 9. The highest BCUT2D eigenvalue weighted by atomic mass is 32.2. The Morgan fingerprint density at radius 3 is 2.54 bits per heavy atom. The van der Waals surface area contributed by atoms with Crippen LogP contribution in [0.3, 0.4) is 0 Å². The van der Waals surface area contributed by atoms with Gasteiger partial charge in [-0.25, -0.2) is 18.4 Å². The molecule has 3 atom stereocenters. The number of fused-ring (bicyclic) bond motifs is 3. The molecule has 0 unspecified atom stereocenters. The van der Waals surface area contributed by atoms with Crippen molar-refractivity contribution in [1.29, 1.82) is 0 Å². The van der Waals surface area contributed by atoms with E-state index in [1.165, 1.54) is 0 Å². The van der Waals surface area contributed by atoms with Crippen molar-refractivity contribution in [3.05, 3.63) is 53.9 Å². The summed E-state index contributed by atoms with van der Waals surface area (Å²) in [6.45, 7) is 7.82. The number of aryl methyl sites for hydroxylation is 1. The minimum Gasteiger partial charge on any atom is -0.491 e. The van der Waals surface area contributed by atoms with Gasteiger partial charge in [0.25, 0.3) is 0 Å². The topological polar surface area (TPSA) is 118 Å². The highest BCUT2D eigenvalue weighted by Crippen LogP contribution is 2.35. The Balaban J connectivity index is 1.70. The number of ether oxygens (including phenoxy) is 3. The van der Waals surface area contributed by atoms with E-state index in [0.717, 1.165) is 11.1 Å². The zero-order valence-corrected chi connectivity index (χ0v) is 21.4. The van der Waals surface area contributed by atoms with Crippen molar-refractivity contribution >= 4 is 9.84 Å². The lowest BCUT2D eigenvalue weighted by Gasteiger charge is -2.25. The summed E-state index contributed by atoms with van der Waals surface area (Å²) in [6.07, 6.45) is 2.27. The van der Waals surface area contributed by atoms with Crippen LogP contribution < -0.4 is 4.74 Å². The molecule has 35 heavy (non-hydrogen) atoms. The third-order valence-corrected chi connectivity index (χ3v) is 7.89. The molecule has 0 radical (unpaired) electrons. The standard InChI is InChI=1S/C24H31N5O5S/c1-15(2)34-22(23-25-10-16(3)11-26-23)17(4)35(30,31)14-21-27-28-24-19-8-6-7-9-20(19)33-13-18(12-32-5)29(21)24/h6-11,15,17-18,22H,12-14H2,1-5H3/t17-,18+,22+/m0/s1. The maximum Gasteiger partial charge on any atom is 0.168 e. The summed E-state index contributed by atoms with van der Waals surface area (Å²) >= 11 is 0. The van der Waals surface area contributed by atoms with E-state index in [4.69, 9.17) is 14.2 Å². The van der Waals surface area contributed by atoms with Gasteiger partial charge in [0.05, 0.1) is 29.6 Å². The molecule has 2 aromatic heterocycles. The molecule has 0 saturated heterocycles. The van der Waals surface area contributed by atoms with E-state index in [-0.39, 0.29) is 17.9 Å². The number of benzene rings is 1. The summed E-state index contributed by atoms with van der Waals surface area (Å²) in [5, 5.41) is 7.73. The minimum absolute atomic E-state index is 0.216. The van der Waals surface area contributed by atoms with Crippen LogP contribution >= 0.6 is 0 Å². The van der Waals surface area contributed by atoms with Gasteiger partial charge in [-0.1, -0.05) is 12.1 Å². The molecule has 1 aromatic carbocycles. The van der Waals surface area contributed by atoms with Crippen LogP contribution in [0, 0.1) is 6.92 Å². The van der Waals surface area contributed by atoms with Crippen LogP contribution in [0.5, 0.6) is 5.75 Å². The first-order chi connectivity index (χ1) is 16.7. The second-order valence-corrected chi connectivity index (χ2v) is 11.3. The Morgan fingerprint density at radius 1 is 1.14 bits per heavy atom. The molecule has 11 heteroatoms. The monoisotopic (exact) mass is 501 g/mol. The largest absolute Gasteiger partial charge is 0.491 e. The first-order valence-electron chi connectivity index (χ1n) is 11.5. The maximum atomic E-state index is 13.7. The quantitative estimate of drug-likeness (QED) is 0.436. The van der Waals surface area contributed by atoms with E-state index in [9.17, 15) is 8.42 Å². The smallest absolute Gasteiger partial charge is 0.168 e. The van der Waals surface area contributed by atoms with Gasteiger partial charge in [0, 0.05) is 19.5 Å². The van der Waals surface area contributed by atoms with Crippen LogP contribution in [0.15, 0.2) is 36.7 Å². The molecule has 0 fully saturated rings. The zero-order valence-electron chi connectivity index (χ0n) is 20.6. The van der Waals surface area contributed by atoms with E-state index in [0.29, 0.717) is 36.4 Å². The van der Waals surface area contributed by atoms with Crippen molar-refractivity contribution in [3.8, 4) is 17.1 Å². The zero-order chi connectivity index (χ0) is 25.2. The summed E-state index contributed by atoms with van der Waals surface area (Å²) < 4.78 is 46.5. The molecule has 188 valence electrons. The van der Waals surface area contributed by atoms with Gasteiger partial charge in [0.2, 0.25) is 0 Å². The number of hydrogen-bond donors (Lipinski definition) is 0. The van der Waals surface area contributed by atoms with Gasteiger partial charge in [0.15, 0.2) is 21.5 Å². The van der Waals surface area contributed by atoms with Crippen molar-refractivity contribution < 1.29 is 22.6 Å². The van der Waals surface area contributed by atoms with Crippen molar-refractivity contribution in [2.45, 2.75) is 56.9 Å². The molecular formula is C24H31N5O5S. The van der Waals surface area contributed by atoms with Gasteiger partial charge in [-0.05, 0) is 45.4 Å². The number of rotatable bonds is 9. The first kappa shape index (κ1) is 25.2. The highest BCUT2D eigenvalue weighted by molar-refractivity contribution is 7.91. The van der Waals surface area contributed by atoms with Crippen molar-refractivity contribution in [2.24, 2.45) is 0 Å². The molecule has 10 nitrogen and oxygen atoms in total. The van der Waals surface area contributed by atoms with Crippen LogP contribution in [0.2, 0.25) is 0 Å². The fraction of sp³-hybridized carbons (Fsp3) is 0.500. The van der Waals surface area contributed by atoms with Gasteiger partial charge in [-0.3, -0.25) is 0 Å². The molecular weight excluding hydrogens is 470 g/mol. The number of aromatic nitrogens is 5. The molecule has 1 aliphatic rings. The average Bonchev–Trinajstić information content (AvgIpc) is 3.15. The molecule has 3 heterocycles. The second-order valence-electron chi connectivity index (χ2n) is 8.96. The summed E-state index contributed by atoms with van der Waals surface area (Å²) in [5.74, 6) is 1.55. The van der Waals surface area contributed by atoms with Crippen molar-refractivity contribution in [1.82, 2.24) is 24.7 Å². The molecule has 0 amide bonds. The summed E-state index contributed by atoms with van der Waals surface area (Å²) in [5.41, 5.74) is 1.63. The van der Waals surface area contributed by atoms with E-state index in [1.54, 1.807) is 26.4 Å². The lowest BCUT2D eigenvalue weighted by atomic mass is 10.2. The lowest BCUT2D eigenvalue weighted by Crippen LogP contribution is -2.32. The summed E-state index contributed by atoms with van der Waals surface area (Å²) in [6, 6.07) is 7.21. The van der Waals surface area contributed by atoms with E-state index in [1.807, 2.05) is 49.6 Å². The van der Waals surface area contributed by atoms with E-state index >= 15 is 0 Å². The molecule has 0 N–H and O–H groups in total. The predicted molar refractivity (Wildman–Crippen MR) is 130 cm³/mol. The minimum atomic E-state index is -3.76. The number of sulfone groups is 1. The Kier molecular flexibility index (Phi) is 7.48. The number of methoxy groups -OCH3 is 1. The van der Waals surface area contributed by atoms with Crippen LogP contribution in [0.4, 0.5) is 0 Å². The SMILES string of the molecule is COC[C@@H]1COc2ccccc2-c2nnc(CS(=O)(=O)[C@@H](C)[C@@H](OC(C)C)c3ncc(C)cn3)n21. The lowest BCUT2D eigenvalue weighted by molar-refractivity contribution is 0.00140. The van der Waals surface area contributed by atoms with Crippen molar-refractivity contribution in [3.63, 3.8) is 0 Å². The van der Waals surface area contributed by atoms with Crippen LogP contribution in [0.1, 0.15) is 50.1 Å².